The molecule has 214 valence electrons. The summed E-state index contributed by atoms with van der Waals surface area (Å²) in [5.74, 6) is -0.297. The number of carbonyl (C=O) groups excluding carboxylic acids is 3. The second-order valence-electron chi connectivity index (χ2n) is 10.9. The molecule has 8 heteroatoms. The first kappa shape index (κ1) is 26.6. The van der Waals surface area contributed by atoms with Gasteiger partial charge in [0.2, 0.25) is 0 Å². The van der Waals surface area contributed by atoms with Gasteiger partial charge in [0.15, 0.2) is 28.8 Å². The van der Waals surface area contributed by atoms with Gasteiger partial charge in [-0.05, 0) is 53.1 Å². The molecule has 0 saturated carbocycles. The van der Waals surface area contributed by atoms with Gasteiger partial charge in [0, 0.05) is 22.6 Å². The minimum absolute atomic E-state index is 0.266. The van der Waals surface area contributed by atoms with Gasteiger partial charge in [-0.1, -0.05) is 54.6 Å². The summed E-state index contributed by atoms with van der Waals surface area (Å²) in [7, 11) is 4.62. The lowest BCUT2D eigenvalue weighted by Gasteiger charge is -2.36. The van der Waals surface area contributed by atoms with E-state index < -0.39 is 23.4 Å². The predicted molar refractivity (Wildman–Crippen MR) is 160 cm³/mol. The maximum absolute atomic E-state index is 14.9. The lowest BCUT2D eigenvalue weighted by atomic mass is 9.63. The number of Topliss-reactive ketones (excluding diaryl/α,β-unsaturated/α-hetero) is 3. The van der Waals surface area contributed by atoms with E-state index in [1.807, 2.05) is 24.3 Å². The van der Waals surface area contributed by atoms with Gasteiger partial charge in [0.1, 0.15) is 17.2 Å². The Morgan fingerprint density at radius 3 is 2.07 bits per heavy atom. The quantitative estimate of drug-likeness (QED) is 0.222. The van der Waals surface area contributed by atoms with Gasteiger partial charge >= 0.3 is 0 Å². The minimum Gasteiger partial charge on any atom is -0.497 e. The summed E-state index contributed by atoms with van der Waals surface area (Å²) in [6.45, 7) is 0. The van der Waals surface area contributed by atoms with E-state index in [0.717, 1.165) is 11.1 Å². The van der Waals surface area contributed by atoms with Crippen LogP contribution in [0.25, 0.3) is 0 Å². The van der Waals surface area contributed by atoms with Crippen molar-refractivity contribution in [3.8, 4) is 17.2 Å². The Morgan fingerprint density at radius 2 is 1.42 bits per heavy atom. The molecular weight excluding hydrogens is 544 g/mol. The Labute approximate surface area is 248 Å². The second kappa shape index (κ2) is 9.94. The molecule has 4 aromatic rings. The van der Waals surface area contributed by atoms with E-state index in [4.69, 9.17) is 19.3 Å². The smallest absolute Gasteiger partial charge is 0.187 e. The molecule has 0 aromatic heterocycles. The van der Waals surface area contributed by atoms with Gasteiger partial charge in [-0.3, -0.25) is 19.4 Å². The summed E-state index contributed by atoms with van der Waals surface area (Å²) >= 11 is 0. The largest absolute Gasteiger partial charge is 0.497 e. The molecule has 8 nitrogen and oxygen atoms in total. The molecule has 3 atom stereocenters. The molecule has 1 spiro atoms. The summed E-state index contributed by atoms with van der Waals surface area (Å²) in [5.41, 5.74) is 1.60. The molecule has 2 heterocycles. The van der Waals surface area contributed by atoms with Crippen molar-refractivity contribution in [3.63, 3.8) is 0 Å². The molecule has 2 aliphatic heterocycles. The summed E-state index contributed by atoms with van der Waals surface area (Å²) in [6, 6.07) is 24.8. The molecule has 0 radical (unpaired) electrons. The zero-order chi connectivity index (χ0) is 29.9. The third kappa shape index (κ3) is 3.62. The van der Waals surface area contributed by atoms with Crippen LogP contribution < -0.4 is 14.2 Å². The number of hydrazone groups is 1. The maximum Gasteiger partial charge on any atom is 0.187 e. The van der Waals surface area contributed by atoms with E-state index in [0.29, 0.717) is 39.5 Å². The van der Waals surface area contributed by atoms with Gasteiger partial charge < -0.3 is 14.2 Å². The third-order valence-electron chi connectivity index (χ3n) is 8.99. The highest BCUT2D eigenvalue weighted by atomic mass is 16.5. The highest BCUT2D eigenvalue weighted by Gasteiger charge is 2.72. The maximum atomic E-state index is 14.9. The van der Waals surface area contributed by atoms with Crippen LogP contribution in [-0.2, 0) is 0 Å². The molecule has 7 rings (SSSR count). The van der Waals surface area contributed by atoms with Crippen LogP contribution in [0.3, 0.4) is 0 Å². The van der Waals surface area contributed by atoms with Crippen molar-refractivity contribution in [2.75, 3.05) is 21.3 Å². The summed E-state index contributed by atoms with van der Waals surface area (Å²) < 4.78 is 16.5. The molecule has 43 heavy (non-hydrogen) atoms. The normalized spacial score (nSPS) is 20.9. The van der Waals surface area contributed by atoms with E-state index in [2.05, 4.69) is 0 Å². The van der Waals surface area contributed by atoms with Crippen LogP contribution >= 0.6 is 0 Å². The number of rotatable bonds is 6. The lowest BCUT2D eigenvalue weighted by Crippen LogP contribution is -2.43. The standard InChI is InChI=1S/C35H28N2O6/c1-41-23-15-12-20(13-16-23)31(38)30-29(21-14-17-27(42-2)28(18-21)43-3)35(33(39)25-10-6-7-11-26(25)34(35)40)32-24-9-5-4-8-22(24)19-36-37(30)32/h4-19,29-30,32H,1-3H3/t29-,30+,32-/m1/s1. The van der Waals surface area contributed by atoms with Crippen molar-refractivity contribution in [1.29, 1.82) is 0 Å². The molecule has 4 aromatic carbocycles. The number of carbonyl (C=O) groups is 3. The number of methoxy groups -OCH3 is 3. The van der Waals surface area contributed by atoms with E-state index in [9.17, 15) is 14.4 Å². The fourth-order valence-electron chi connectivity index (χ4n) is 7.12. The van der Waals surface area contributed by atoms with Crippen molar-refractivity contribution in [2.24, 2.45) is 10.5 Å². The third-order valence-corrected chi connectivity index (χ3v) is 8.99. The van der Waals surface area contributed by atoms with Gasteiger partial charge in [-0.15, -0.1) is 0 Å². The number of hydrogen-bond donors (Lipinski definition) is 0. The van der Waals surface area contributed by atoms with Crippen LogP contribution in [0.2, 0.25) is 0 Å². The number of ether oxygens (including phenoxy) is 3. The van der Waals surface area contributed by atoms with Crippen LogP contribution in [-0.4, -0.2) is 55.9 Å². The van der Waals surface area contributed by atoms with Crippen molar-refractivity contribution in [1.82, 2.24) is 5.01 Å². The second-order valence-corrected chi connectivity index (χ2v) is 10.9. The molecule has 1 aliphatic carbocycles. The van der Waals surface area contributed by atoms with E-state index in [1.54, 1.807) is 85.1 Å². The molecule has 0 bridgehead atoms. The SMILES string of the molecule is COc1ccc(C(=O)[C@@H]2[C@@H](c3ccc(OC)c(OC)c3)C3(C(=O)c4ccccc4C3=O)[C@H]3c4ccccc4C=NN23)cc1. The van der Waals surface area contributed by atoms with Gasteiger partial charge in [0.25, 0.3) is 0 Å². The number of hydrogen-bond acceptors (Lipinski definition) is 8. The first-order valence-electron chi connectivity index (χ1n) is 14.0. The van der Waals surface area contributed by atoms with Crippen molar-refractivity contribution < 1.29 is 28.6 Å². The predicted octanol–water partition coefficient (Wildman–Crippen LogP) is 5.52. The minimum atomic E-state index is -1.68. The van der Waals surface area contributed by atoms with Crippen molar-refractivity contribution >= 4 is 23.6 Å². The fourth-order valence-corrected chi connectivity index (χ4v) is 7.12. The summed E-state index contributed by atoms with van der Waals surface area (Å²) in [6.07, 6.45) is 1.70. The van der Waals surface area contributed by atoms with E-state index in [-0.39, 0.29) is 17.3 Å². The van der Waals surface area contributed by atoms with Crippen LogP contribution in [0.5, 0.6) is 17.2 Å². The van der Waals surface area contributed by atoms with Crippen LogP contribution in [0.1, 0.15) is 59.7 Å². The van der Waals surface area contributed by atoms with Gasteiger partial charge in [0.05, 0.1) is 33.6 Å². The summed E-state index contributed by atoms with van der Waals surface area (Å²) in [4.78, 5) is 44.4. The number of benzene rings is 4. The van der Waals surface area contributed by atoms with Crippen molar-refractivity contribution in [3.05, 3.63) is 124 Å². The first-order chi connectivity index (χ1) is 20.9. The van der Waals surface area contributed by atoms with Gasteiger partial charge in [-0.25, -0.2) is 0 Å². The fraction of sp³-hybridized carbons (Fsp3) is 0.200. The molecule has 3 aliphatic rings. The van der Waals surface area contributed by atoms with Crippen LogP contribution in [0.15, 0.2) is 96.1 Å². The Hall–Kier alpha value is -5.24. The highest BCUT2D eigenvalue weighted by Crippen LogP contribution is 2.65. The van der Waals surface area contributed by atoms with Crippen LogP contribution in [0.4, 0.5) is 0 Å². The Morgan fingerprint density at radius 1 is 0.767 bits per heavy atom. The van der Waals surface area contributed by atoms with E-state index in [1.165, 1.54) is 14.2 Å². The Kier molecular flexibility index (Phi) is 6.16. The first-order valence-corrected chi connectivity index (χ1v) is 14.0. The molecule has 0 amide bonds. The number of fused-ring (bicyclic) bond motifs is 5. The lowest BCUT2D eigenvalue weighted by molar-refractivity contribution is 0.0586. The molecule has 1 saturated heterocycles. The summed E-state index contributed by atoms with van der Waals surface area (Å²) in [5, 5.41) is 6.48. The average molecular weight is 573 g/mol. The van der Waals surface area contributed by atoms with Crippen LogP contribution in [0, 0.1) is 5.41 Å². The molecular formula is C35H28N2O6. The molecule has 0 N–H and O–H groups in total. The number of ketones is 3. The highest BCUT2D eigenvalue weighted by molar-refractivity contribution is 6.31. The topological polar surface area (TPSA) is 94.5 Å². The van der Waals surface area contributed by atoms with Gasteiger partial charge in [-0.2, -0.15) is 5.10 Å². The van der Waals surface area contributed by atoms with Crippen molar-refractivity contribution in [2.45, 2.75) is 18.0 Å². The monoisotopic (exact) mass is 572 g/mol. The van der Waals surface area contributed by atoms with E-state index >= 15 is 0 Å². The zero-order valence-corrected chi connectivity index (χ0v) is 23.8. The number of nitrogens with zero attached hydrogens (tertiary/aromatic N) is 2. The Bertz CT molecular complexity index is 1790. The zero-order valence-electron chi connectivity index (χ0n) is 23.8. The molecule has 0 unspecified atom stereocenters. The molecule has 1 fully saturated rings. The average Bonchev–Trinajstić information content (AvgIpc) is 3.50. The Balaban J connectivity index is 1.54.